The molecule has 172 valence electrons. The van der Waals surface area contributed by atoms with Gasteiger partial charge in [-0.1, -0.05) is 75.5 Å². The van der Waals surface area contributed by atoms with Gasteiger partial charge in [-0.25, -0.2) is 0 Å². The van der Waals surface area contributed by atoms with Gasteiger partial charge in [-0.3, -0.25) is 9.59 Å². The molecular formula is C23H39NO5S. The van der Waals surface area contributed by atoms with Crippen molar-refractivity contribution in [2.24, 2.45) is 5.73 Å². The van der Waals surface area contributed by atoms with E-state index < -0.39 is 24.1 Å². The Morgan fingerprint density at radius 3 is 2.30 bits per heavy atom. The lowest BCUT2D eigenvalue weighted by Crippen LogP contribution is -2.34. The fourth-order valence-corrected chi connectivity index (χ4v) is 3.86. The quantitative estimate of drug-likeness (QED) is 0.172. The average molecular weight is 442 g/mol. The minimum absolute atomic E-state index is 0.00387. The molecular weight excluding hydrogens is 402 g/mol. The zero-order chi connectivity index (χ0) is 22.6. The largest absolute Gasteiger partial charge is 0.481 e. The van der Waals surface area contributed by atoms with Gasteiger partial charge in [-0.05, 0) is 25.7 Å². The summed E-state index contributed by atoms with van der Waals surface area (Å²) in [5.41, 5.74) is 5.55. The molecule has 0 saturated carbocycles. The van der Waals surface area contributed by atoms with Crippen LogP contribution in [0.1, 0.15) is 71.1 Å². The summed E-state index contributed by atoms with van der Waals surface area (Å²) < 4.78 is 0. The molecule has 0 rings (SSSR count). The van der Waals surface area contributed by atoms with Crippen LogP contribution in [0.25, 0.3) is 0 Å². The molecule has 5 N–H and O–H groups in total. The highest BCUT2D eigenvalue weighted by molar-refractivity contribution is 8.00. The number of hydrogen-bond acceptors (Lipinski definition) is 5. The van der Waals surface area contributed by atoms with Crippen molar-refractivity contribution in [2.75, 3.05) is 5.75 Å². The number of unbranched alkanes of at least 4 members (excludes halogenated alkanes) is 6. The molecule has 0 saturated heterocycles. The molecule has 0 spiro atoms. The maximum Gasteiger partial charge on any atom is 0.321 e. The highest BCUT2D eigenvalue weighted by Gasteiger charge is 2.20. The number of nitrogens with two attached hydrogens (primary N) is 1. The summed E-state index contributed by atoms with van der Waals surface area (Å²) in [6.07, 6.45) is 20.2. The van der Waals surface area contributed by atoms with Crippen LogP contribution in [0.5, 0.6) is 0 Å². The Morgan fingerprint density at radius 1 is 0.967 bits per heavy atom. The topological polar surface area (TPSA) is 121 Å². The summed E-state index contributed by atoms with van der Waals surface area (Å²) in [5.74, 6) is -1.81. The van der Waals surface area contributed by atoms with Gasteiger partial charge in [-0.2, -0.15) is 0 Å². The van der Waals surface area contributed by atoms with Crippen molar-refractivity contribution in [3.05, 3.63) is 36.5 Å². The molecule has 0 fully saturated rings. The highest BCUT2D eigenvalue weighted by atomic mass is 32.2. The number of aliphatic hydroxyl groups is 1. The third-order valence-corrected chi connectivity index (χ3v) is 5.96. The number of rotatable bonds is 19. The van der Waals surface area contributed by atoms with E-state index in [9.17, 15) is 14.7 Å². The van der Waals surface area contributed by atoms with Crippen LogP contribution in [-0.2, 0) is 9.59 Å². The number of thioether (sulfide) groups is 1. The number of aliphatic hydroxyl groups excluding tert-OH is 1. The van der Waals surface area contributed by atoms with E-state index in [1.54, 1.807) is 0 Å². The number of allylic oxidation sites excluding steroid dienone is 5. The first kappa shape index (κ1) is 28.4. The van der Waals surface area contributed by atoms with E-state index in [1.165, 1.54) is 50.3 Å². The predicted octanol–water partition coefficient (Wildman–Crippen LogP) is 4.54. The van der Waals surface area contributed by atoms with Gasteiger partial charge < -0.3 is 21.1 Å². The van der Waals surface area contributed by atoms with Gasteiger partial charge >= 0.3 is 11.9 Å². The van der Waals surface area contributed by atoms with E-state index in [-0.39, 0.29) is 17.4 Å². The van der Waals surface area contributed by atoms with Crippen molar-refractivity contribution in [3.8, 4) is 0 Å². The van der Waals surface area contributed by atoms with E-state index >= 15 is 0 Å². The molecule has 3 atom stereocenters. The molecule has 0 aliphatic rings. The summed E-state index contributed by atoms with van der Waals surface area (Å²) in [6, 6.07) is -1.00. The van der Waals surface area contributed by atoms with E-state index in [0.717, 1.165) is 6.42 Å². The molecule has 0 bridgehead atoms. The molecule has 0 heterocycles. The Balaban J connectivity index is 4.41. The Kier molecular flexibility index (Phi) is 18.4. The molecule has 0 aliphatic heterocycles. The number of carbonyl (C=O) groups is 2. The molecule has 6 nitrogen and oxygen atoms in total. The SMILES string of the molecule is CCCCCCCCC=CC=CC=CC(SCC(N)C(=O)O)C(O)CCCC(=O)O. The van der Waals surface area contributed by atoms with Crippen LogP contribution in [0.15, 0.2) is 36.5 Å². The van der Waals surface area contributed by atoms with Crippen LogP contribution in [0.2, 0.25) is 0 Å². The second-order valence-corrected chi connectivity index (χ2v) is 8.56. The third-order valence-electron chi connectivity index (χ3n) is 4.55. The Labute approximate surface area is 185 Å². The lowest BCUT2D eigenvalue weighted by atomic mass is 10.1. The van der Waals surface area contributed by atoms with E-state index in [1.807, 2.05) is 30.4 Å². The van der Waals surface area contributed by atoms with Crippen molar-refractivity contribution in [3.63, 3.8) is 0 Å². The van der Waals surface area contributed by atoms with Gasteiger partial charge in [0.05, 0.1) is 6.10 Å². The molecule has 0 radical (unpaired) electrons. The minimum atomic E-state index is -1.08. The van der Waals surface area contributed by atoms with Gasteiger partial charge in [0.1, 0.15) is 6.04 Å². The first-order valence-electron chi connectivity index (χ1n) is 10.9. The Bertz CT molecular complexity index is 548. The Hall–Kier alpha value is -1.57. The standard InChI is InChI=1S/C23H39NO5S/c1-2-3-4-5-6-7-8-9-10-11-12-13-16-21(30-18-19(24)23(28)29)20(25)15-14-17-22(26)27/h9-13,16,19-21,25H,2-8,14-15,17-18,24H2,1H3,(H,26,27)(H,28,29). The molecule has 0 amide bonds. The number of aliphatic carboxylic acids is 2. The summed E-state index contributed by atoms with van der Waals surface area (Å²) in [7, 11) is 0. The minimum Gasteiger partial charge on any atom is -0.481 e. The summed E-state index contributed by atoms with van der Waals surface area (Å²) in [6.45, 7) is 2.22. The van der Waals surface area contributed by atoms with Gasteiger partial charge in [0, 0.05) is 17.4 Å². The Morgan fingerprint density at radius 2 is 1.63 bits per heavy atom. The summed E-state index contributed by atoms with van der Waals surface area (Å²) in [5, 5.41) is 27.7. The predicted molar refractivity (Wildman–Crippen MR) is 125 cm³/mol. The van der Waals surface area contributed by atoms with Crippen LogP contribution in [0, 0.1) is 0 Å². The monoisotopic (exact) mass is 441 g/mol. The smallest absolute Gasteiger partial charge is 0.321 e. The summed E-state index contributed by atoms with van der Waals surface area (Å²) in [4.78, 5) is 21.5. The normalized spacial score (nSPS) is 15.2. The van der Waals surface area contributed by atoms with Crippen molar-refractivity contribution in [1.29, 1.82) is 0 Å². The second kappa shape index (κ2) is 19.4. The first-order chi connectivity index (χ1) is 14.4. The molecule has 0 aromatic rings. The average Bonchev–Trinajstić information content (AvgIpc) is 2.70. The van der Waals surface area contributed by atoms with E-state index in [0.29, 0.717) is 12.8 Å². The van der Waals surface area contributed by atoms with Crippen molar-refractivity contribution < 1.29 is 24.9 Å². The molecule has 0 aromatic carbocycles. The van der Waals surface area contributed by atoms with Gasteiger partial charge in [0.25, 0.3) is 0 Å². The van der Waals surface area contributed by atoms with Crippen LogP contribution in [0.4, 0.5) is 0 Å². The van der Waals surface area contributed by atoms with Crippen molar-refractivity contribution in [2.45, 2.75) is 88.5 Å². The number of carboxylic acids is 2. The lowest BCUT2D eigenvalue weighted by Gasteiger charge is -2.20. The molecule has 3 unspecified atom stereocenters. The van der Waals surface area contributed by atoms with Crippen molar-refractivity contribution in [1.82, 2.24) is 0 Å². The zero-order valence-corrected chi connectivity index (χ0v) is 18.9. The second-order valence-electron chi connectivity index (χ2n) is 7.35. The molecule has 0 aromatic heterocycles. The molecule has 7 heteroatoms. The number of carboxylic acid groups (broad SMARTS) is 2. The first-order valence-corrected chi connectivity index (χ1v) is 11.9. The molecule has 0 aliphatic carbocycles. The van der Waals surface area contributed by atoms with Gasteiger partial charge in [0.15, 0.2) is 0 Å². The highest BCUT2D eigenvalue weighted by Crippen LogP contribution is 2.21. The van der Waals surface area contributed by atoms with Gasteiger partial charge in [-0.15, -0.1) is 11.8 Å². The maximum atomic E-state index is 10.9. The van der Waals surface area contributed by atoms with E-state index in [4.69, 9.17) is 15.9 Å². The van der Waals surface area contributed by atoms with Crippen LogP contribution >= 0.6 is 11.8 Å². The lowest BCUT2D eigenvalue weighted by molar-refractivity contribution is -0.138. The van der Waals surface area contributed by atoms with Crippen LogP contribution in [-0.4, -0.2) is 50.4 Å². The van der Waals surface area contributed by atoms with Crippen molar-refractivity contribution >= 4 is 23.7 Å². The number of hydrogen-bond donors (Lipinski definition) is 4. The third kappa shape index (κ3) is 17.3. The summed E-state index contributed by atoms with van der Waals surface area (Å²) >= 11 is 1.27. The zero-order valence-electron chi connectivity index (χ0n) is 18.1. The molecule has 30 heavy (non-hydrogen) atoms. The van der Waals surface area contributed by atoms with E-state index in [2.05, 4.69) is 13.0 Å². The fraction of sp³-hybridized carbons (Fsp3) is 0.652. The maximum absolute atomic E-state index is 10.9. The van der Waals surface area contributed by atoms with Crippen LogP contribution in [0.3, 0.4) is 0 Å². The van der Waals surface area contributed by atoms with Crippen LogP contribution < -0.4 is 5.73 Å². The van der Waals surface area contributed by atoms with Gasteiger partial charge in [0.2, 0.25) is 0 Å². The fourth-order valence-electron chi connectivity index (χ4n) is 2.73.